The molecule has 0 saturated heterocycles. The summed E-state index contributed by atoms with van der Waals surface area (Å²) in [5.74, 6) is 0.484. The highest BCUT2D eigenvalue weighted by Crippen LogP contribution is 2.29. The van der Waals surface area contributed by atoms with E-state index in [1.807, 2.05) is 0 Å². The van der Waals surface area contributed by atoms with E-state index in [9.17, 15) is 8.42 Å². The van der Waals surface area contributed by atoms with Crippen LogP contribution in [0.5, 0.6) is 5.75 Å². The lowest BCUT2D eigenvalue weighted by molar-refractivity contribution is 0.414. The number of nitrogen functional groups attached to an aromatic ring is 1. The zero-order valence-corrected chi connectivity index (χ0v) is 14.1. The lowest BCUT2D eigenvalue weighted by atomic mass is 10.3. The highest BCUT2D eigenvalue weighted by molar-refractivity contribution is 9.10. The number of hydrogen-bond acceptors (Lipinski definition) is 4. The van der Waals surface area contributed by atoms with Crippen LogP contribution in [0, 0.1) is 0 Å². The third-order valence-electron chi connectivity index (χ3n) is 2.68. The first kappa shape index (κ1) is 15.9. The summed E-state index contributed by atoms with van der Waals surface area (Å²) in [6.07, 6.45) is 0. The maximum Gasteiger partial charge on any atom is 0.263 e. The molecule has 0 aliphatic carbocycles. The van der Waals surface area contributed by atoms with Crippen molar-refractivity contribution in [3.63, 3.8) is 0 Å². The molecule has 2 aromatic carbocycles. The first-order chi connectivity index (χ1) is 9.83. The molecule has 0 saturated carbocycles. The fourth-order valence-corrected chi connectivity index (χ4v) is 3.26. The third kappa shape index (κ3) is 3.61. The summed E-state index contributed by atoms with van der Waals surface area (Å²) < 4.78 is 32.8. The van der Waals surface area contributed by atoms with E-state index in [2.05, 4.69) is 20.7 Å². The van der Waals surface area contributed by atoms with Crippen LogP contribution in [0.3, 0.4) is 0 Å². The maximum atomic E-state index is 12.3. The van der Waals surface area contributed by atoms with Crippen LogP contribution in [0.1, 0.15) is 0 Å². The van der Waals surface area contributed by atoms with E-state index < -0.39 is 10.0 Å². The largest absolute Gasteiger partial charge is 0.497 e. The lowest BCUT2D eigenvalue weighted by Gasteiger charge is -2.11. The number of ether oxygens (including phenoxy) is 1. The Bertz CT molecular complexity index is 781. The van der Waals surface area contributed by atoms with E-state index in [0.717, 1.165) is 0 Å². The van der Waals surface area contributed by atoms with Crippen molar-refractivity contribution >= 4 is 48.9 Å². The van der Waals surface area contributed by atoms with Crippen LogP contribution in [0.25, 0.3) is 0 Å². The molecule has 0 fully saturated rings. The van der Waals surface area contributed by atoms with Crippen molar-refractivity contribution in [2.45, 2.75) is 4.90 Å². The Hall–Kier alpha value is -1.44. The van der Waals surface area contributed by atoms with Gasteiger partial charge in [-0.05, 0) is 46.3 Å². The molecule has 0 aromatic heterocycles. The molecule has 112 valence electrons. The molecule has 0 aliphatic rings. The molecule has 21 heavy (non-hydrogen) atoms. The number of rotatable bonds is 4. The maximum absolute atomic E-state index is 12.3. The molecule has 5 nitrogen and oxygen atoms in total. The zero-order chi connectivity index (χ0) is 15.6. The van der Waals surface area contributed by atoms with Gasteiger partial charge in [0.1, 0.15) is 10.6 Å². The van der Waals surface area contributed by atoms with Crippen LogP contribution >= 0.6 is 27.5 Å². The van der Waals surface area contributed by atoms with Gasteiger partial charge in [-0.3, -0.25) is 4.72 Å². The fourth-order valence-electron chi connectivity index (χ4n) is 1.67. The van der Waals surface area contributed by atoms with E-state index >= 15 is 0 Å². The van der Waals surface area contributed by atoms with Gasteiger partial charge >= 0.3 is 0 Å². The van der Waals surface area contributed by atoms with Crippen molar-refractivity contribution in [1.29, 1.82) is 0 Å². The Labute approximate surface area is 136 Å². The second-order valence-electron chi connectivity index (χ2n) is 4.14. The summed E-state index contributed by atoms with van der Waals surface area (Å²) in [6, 6.07) is 9.10. The van der Waals surface area contributed by atoms with Gasteiger partial charge < -0.3 is 10.5 Å². The summed E-state index contributed by atoms with van der Waals surface area (Å²) in [6.45, 7) is 0. The average Bonchev–Trinajstić information content (AvgIpc) is 2.42. The normalized spacial score (nSPS) is 11.2. The SMILES string of the molecule is COc1ccc(S(=O)(=O)Nc2ccc(Br)c(Cl)c2)c(N)c1. The van der Waals surface area contributed by atoms with Gasteiger partial charge in [0.05, 0.1) is 23.5 Å². The smallest absolute Gasteiger partial charge is 0.263 e. The Morgan fingerprint density at radius 3 is 2.52 bits per heavy atom. The first-order valence-corrected chi connectivity index (χ1v) is 8.40. The Balaban J connectivity index is 2.36. The summed E-state index contributed by atoms with van der Waals surface area (Å²) >= 11 is 9.17. The highest BCUT2D eigenvalue weighted by atomic mass is 79.9. The molecular formula is C13H12BrClN2O3S. The van der Waals surface area contributed by atoms with E-state index in [1.54, 1.807) is 12.1 Å². The van der Waals surface area contributed by atoms with Gasteiger partial charge in [0.15, 0.2) is 0 Å². The van der Waals surface area contributed by atoms with Gasteiger partial charge in [-0.25, -0.2) is 8.42 Å². The fraction of sp³-hybridized carbons (Fsp3) is 0.0769. The van der Waals surface area contributed by atoms with Gasteiger partial charge in [-0.1, -0.05) is 11.6 Å². The molecule has 0 heterocycles. The number of halogens is 2. The van der Waals surface area contributed by atoms with E-state index in [1.165, 1.54) is 31.4 Å². The standard InChI is InChI=1S/C13H12BrClN2O3S/c1-20-9-3-5-13(12(16)7-9)21(18,19)17-8-2-4-10(14)11(15)6-8/h2-7,17H,16H2,1H3. The highest BCUT2D eigenvalue weighted by Gasteiger charge is 2.18. The lowest BCUT2D eigenvalue weighted by Crippen LogP contribution is -2.14. The predicted molar refractivity (Wildman–Crippen MR) is 87.4 cm³/mol. The van der Waals surface area contributed by atoms with E-state index in [0.29, 0.717) is 20.9 Å². The molecule has 0 spiro atoms. The number of hydrogen-bond donors (Lipinski definition) is 2. The Morgan fingerprint density at radius 2 is 1.95 bits per heavy atom. The number of methoxy groups -OCH3 is 1. The van der Waals surface area contributed by atoms with Gasteiger partial charge in [-0.15, -0.1) is 0 Å². The molecule has 0 unspecified atom stereocenters. The predicted octanol–water partition coefficient (Wildman–Crippen LogP) is 3.49. The van der Waals surface area contributed by atoms with Crippen LogP contribution in [-0.2, 0) is 10.0 Å². The number of anilines is 2. The molecule has 0 atom stereocenters. The molecule has 0 amide bonds. The van der Waals surface area contributed by atoms with Gasteiger partial charge in [-0.2, -0.15) is 0 Å². The quantitative estimate of drug-likeness (QED) is 0.782. The van der Waals surface area contributed by atoms with Gasteiger partial charge in [0, 0.05) is 10.5 Å². The minimum absolute atomic E-state index is 0.0256. The summed E-state index contributed by atoms with van der Waals surface area (Å²) in [4.78, 5) is -0.0256. The van der Waals surface area contributed by atoms with Crippen LogP contribution in [0.15, 0.2) is 45.8 Å². The summed E-state index contributed by atoms with van der Waals surface area (Å²) in [5.41, 5.74) is 6.21. The summed E-state index contributed by atoms with van der Waals surface area (Å²) in [5, 5.41) is 0.401. The van der Waals surface area contributed by atoms with Crippen molar-refractivity contribution < 1.29 is 13.2 Å². The molecule has 0 aliphatic heterocycles. The zero-order valence-electron chi connectivity index (χ0n) is 10.9. The molecule has 0 radical (unpaired) electrons. The molecule has 2 aromatic rings. The van der Waals surface area contributed by atoms with Crippen LogP contribution < -0.4 is 15.2 Å². The van der Waals surface area contributed by atoms with Crippen LogP contribution in [-0.4, -0.2) is 15.5 Å². The van der Waals surface area contributed by atoms with E-state index in [4.69, 9.17) is 22.1 Å². The van der Waals surface area contributed by atoms with Crippen molar-refractivity contribution in [2.24, 2.45) is 0 Å². The van der Waals surface area contributed by atoms with Gasteiger partial charge in [0.2, 0.25) is 0 Å². The minimum atomic E-state index is -3.80. The van der Waals surface area contributed by atoms with Crippen LogP contribution in [0.4, 0.5) is 11.4 Å². The summed E-state index contributed by atoms with van der Waals surface area (Å²) in [7, 11) is -2.33. The number of sulfonamides is 1. The molecule has 0 bridgehead atoms. The van der Waals surface area contributed by atoms with Crippen LogP contribution in [0.2, 0.25) is 5.02 Å². The number of benzene rings is 2. The number of nitrogens with one attached hydrogen (secondary N) is 1. The Morgan fingerprint density at radius 1 is 1.24 bits per heavy atom. The molecule has 3 N–H and O–H groups in total. The first-order valence-electron chi connectivity index (χ1n) is 5.75. The van der Waals surface area contributed by atoms with Crippen molar-refractivity contribution in [3.05, 3.63) is 45.9 Å². The molecule has 2 rings (SSSR count). The monoisotopic (exact) mass is 390 g/mol. The molecule has 8 heteroatoms. The van der Waals surface area contributed by atoms with E-state index in [-0.39, 0.29) is 10.6 Å². The third-order valence-corrected chi connectivity index (χ3v) is 5.37. The molecular weight excluding hydrogens is 380 g/mol. The second-order valence-corrected chi connectivity index (χ2v) is 7.05. The van der Waals surface area contributed by atoms with Crippen molar-refractivity contribution in [3.8, 4) is 5.75 Å². The van der Waals surface area contributed by atoms with Crippen molar-refractivity contribution in [1.82, 2.24) is 0 Å². The van der Waals surface area contributed by atoms with Crippen molar-refractivity contribution in [2.75, 3.05) is 17.6 Å². The minimum Gasteiger partial charge on any atom is -0.497 e. The average molecular weight is 392 g/mol. The second kappa shape index (κ2) is 6.13. The van der Waals surface area contributed by atoms with Gasteiger partial charge in [0.25, 0.3) is 10.0 Å². The number of nitrogens with two attached hydrogens (primary N) is 1. The topological polar surface area (TPSA) is 81.4 Å². The Kier molecular flexibility index (Phi) is 4.65.